The molecule has 0 saturated carbocycles. The number of aromatic nitrogens is 2. The molecule has 110 valence electrons. The van der Waals surface area contributed by atoms with Crippen molar-refractivity contribution in [3.63, 3.8) is 0 Å². The summed E-state index contributed by atoms with van der Waals surface area (Å²) in [7, 11) is 0. The quantitative estimate of drug-likeness (QED) is 0.885. The van der Waals surface area contributed by atoms with E-state index in [4.69, 9.17) is 0 Å². The Hall–Kier alpha value is -2.43. The highest BCUT2D eigenvalue weighted by Gasteiger charge is 2.07. The van der Waals surface area contributed by atoms with Crippen molar-refractivity contribution < 1.29 is 4.79 Å². The number of anilines is 2. The van der Waals surface area contributed by atoms with Gasteiger partial charge in [0.25, 0.3) is 5.91 Å². The Morgan fingerprint density at radius 3 is 2.57 bits per heavy atom. The van der Waals surface area contributed by atoms with Gasteiger partial charge in [0.15, 0.2) is 0 Å². The van der Waals surface area contributed by atoms with E-state index >= 15 is 0 Å². The molecule has 0 bridgehead atoms. The second-order valence-electron chi connectivity index (χ2n) is 4.92. The third-order valence-electron chi connectivity index (χ3n) is 3.30. The van der Waals surface area contributed by atoms with Gasteiger partial charge in [-0.25, -0.2) is 9.97 Å². The number of carbonyl (C=O) groups excluding carboxylic acids is 1. The molecular weight excluding hydrogens is 264 g/mol. The molecule has 5 heteroatoms. The van der Waals surface area contributed by atoms with Gasteiger partial charge in [-0.3, -0.25) is 4.79 Å². The number of amides is 1. The maximum absolute atomic E-state index is 11.8. The van der Waals surface area contributed by atoms with Crippen LogP contribution in [0.1, 0.15) is 34.8 Å². The van der Waals surface area contributed by atoms with E-state index in [1.807, 2.05) is 26.0 Å². The Morgan fingerprint density at radius 1 is 1.19 bits per heavy atom. The second-order valence-corrected chi connectivity index (χ2v) is 4.92. The van der Waals surface area contributed by atoms with E-state index in [9.17, 15) is 4.79 Å². The molecular formula is C16H20N4O. The first-order chi connectivity index (χ1) is 10.1. The fourth-order valence-corrected chi connectivity index (χ4v) is 1.86. The summed E-state index contributed by atoms with van der Waals surface area (Å²) >= 11 is 0. The van der Waals surface area contributed by atoms with Gasteiger partial charge in [0.1, 0.15) is 0 Å². The van der Waals surface area contributed by atoms with Crippen molar-refractivity contribution in [2.75, 3.05) is 11.9 Å². The van der Waals surface area contributed by atoms with Crippen molar-refractivity contribution in [1.82, 2.24) is 15.3 Å². The van der Waals surface area contributed by atoms with Crippen LogP contribution in [0.15, 0.2) is 30.6 Å². The van der Waals surface area contributed by atoms with E-state index in [1.54, 1.807) is 0 Å². The molecule has 2 aromatic rings. The molecule has 0 aliphatic rings. The maximum atomic E-state index is 11.8. The Bertz CT molecular complexity index is 623. The summed E-state index contributed by atoms with van der Waals surface area (Å²) in [4.78, 5) is 20.1. The van der Waals surface area contributed by atoms with Crippen LogP contribution in [0.25, 0.3) is 0 Å². The molecule has 21 heavy (non-hydrogen) atoms. The average Bonchev–Trinajstić information content (AvgIpc) is 2.50. The summed E-state index contributed by atoms with van der Waals surface area (Å²) in [5, 5.41) is 5.96. The first kappa shape index (κ1) is 15.0. The van der Waals surface area contributed by atoms with Gasteiger partial charge in [-0.2, -0.15) is 0 Å². The first-order valence-electron chi connectivity index (χ1n) is 7.05. The lowest BCUT2D eigenvalue weighted by atomic mass is 10.1. The Balaban J connectivity index is 2.09. The van der Waals surface area contributed by atoms with Gasteiger partial charge in [0.05, 0.1) is 5.56 Å². The van der Waals surface area contributed by atoms with Crippen molar-refractivity contribution in [1.29, 1.82) is 0 Å². The second kappa shape index (κ2) is 6.83. The van der Waals surface area contributed by atoms with Crippen molar-refractivity contribution in [2.24, 2.45) is 0 Å². The van der Waals surface area contributed by atoms with E-state index in [2.05, 4.69) is 33.6 Å². The molecule has 0 fully saturated rings. The largest absolute Gasteiger partial charge is 0.352 e. The number of rotatable bonds is 5. The van der Waals surface area contributed by atoms with Crippen LogP contribution in [-0.4, -0.2) is 22.4 Å². The zero-order valence-corrected chi connectivity index (χ0v) is 12.6. The SMILES string of the molecule is CCCNC(=O)c1cnc(Nc2cccc(C)c2C)nc1. The summed E-state index contributed by atoms with van der Waals surface area (Å²) in [6.45, 7) is 6.77. The van der Waals surface area contributed by atoms with E-state index in [0.717, 1.165) is 17.7 Å². The topological polar surface area (TPSA) is 66.9 Å². The van der Waals surface area contributed by atoms with Crippen LogP contribution in [0, 0.1) is 13.8 Å². The fraction of sp³-hybridized carbons (Fsp3) is 0.312. The van der Waals surface area contributed by atoms with Crippen LogP contribution in [-0.2, 0) is 0 Å². The van der Waals surface area contributed by atoms with Crippen molar-refractivity contribution in [3.8, 4) is 0 Å². The Morgan fingerprint density at radius 2 is 1.90 bits per heavy atom. The van der Waals surface area contributed by atoms with E-state index in [1.165, 1.54) is 18.0 Å². The maximum Gasteiger partial charge on any atom is 0.254 e. The summed E-state index contributed by atoms with van der Waals surface area (Å²) in [6, 6.07) is 6.02. The average molecular weight is 284 g/mol. The molecule has 2 rings (SSSR count). The summed E-state index contributed by atoms with van der Waals surface area (Å²) in [5.74, 6) is 0.339. The van der Waals surface area contributed by atoms with Gasteiger partial charge in [-0.05, 0) is 37.5 Å². The summed E-state index contributed by atoms with van der Waals surface area (Å²) in [5.41, 5.74) is 3.80. The van der Waals surface area contributed by atoms with Crippen LogP contribution >= 0.6 is 0 Å². The fourth-order valence-electron chi connectivity index (χ4n) is 1.86. The molecule has 0 radical (unpaired) electrons. The monoisotopic (exact) mass is 284 g/mol. The predicted octanol–water partition coefficient (Wildman–Crippen LogP) is 2.98. The molecule has 1 aromatic carbocycles. The molecule has 1 heterocycles. The minimum atomic E-state index is -0.143. The molecule has 0 atom stereocenters. The third-order valence-corrected chi connectivity index (χ3v) is 3.30. The van der Waals surface area contributed by atoms with E-state index in [-0.39, 0.29) is 5.91 Å². The van der Waals surface area contributed by atoms with Crippen molar-refractivity contribution in [3.05, 3.63) is 47.3 Å². The number of aryl methyl sites for hydroxylation is 1. The number of hydrogen-bond donors (Lipinski definition) is 2. The normalized spacial score (nSPS) is 10.2. The van der Waals surface area contributed by atoms with Crippen molar-refractivity contribution in [2.45, 2.75) is 27.2 Å². The minimum Gasteiger partial charge on any atom is -0.352 e. The highest BCUT2D eigenvalue weighted by molar-refractivity contribution is 5.93. The predicted molar refractivity (Wildman–Crippen MR) is 83.9 cm³/mol. The van der Waals surface area contributed by atoms with Gasteiger partial charge in [-0.1, -0.05) is 19.1 Å². The molecule has 1 aromatic heterocycles. The van der Waals surface area contributed by atoms with Crippen molar-refractivity contribution >= 4 is 17.5 Å². The Labute approximate surface area is 124 Å². The van der Waals surface area contributed by atoms with E-state index in [0.29, 0.717) is 18.1 Å². The lowest BCUT2D eigenvalue weighted by molar-refractivity contribution is 0.0953. The highest BCUT2D eigenvalue weighted by Crippen LogP contribution is 2.20. The first-order valence-corrected chi connectivity index (χ1v) is 7.05. The number of nitrogens with one attached hydrogen (secondary N) is 2. The molecule has 0 aliphatic carbocycles. The zero-order valence-electron chi connectivity index (χ0n) is 12.6. The molecule has 1 amide bonds. The van der Waals surface area contributed by atoms with E-state index < -0.39 is 0 Å². The van der Waals surface area contributed by atoms with Gasteiger partial charge in [0.2, 0.25) is 5.95 Å². The van der Waals surface area contributed by atoms with Crippen LogP contribution in [0.2, 0.25) is 0 Å². The highest BCUT2D eigenvalue weighted by atomic mass is 16.1. The van der Waals surface area contributed by atoms with Crippen LogP contribution < -0.4 is 10.6 Å². The molecule has 0 aliphatic heterocycles. The standard InChI is InChI=1S/C16H20N4O/c1-4-8-17-15(21)13-9-18-16(19-10-13)20-14-7-5-6-11(2)12(14)3/h5-7,9-10H,4,8H2,1-3H3,(H,17,21)(H,18,19,20). The minimum absolute atomic E-state index is 0.143. The molecule has 0 spiro atoms. The molecule has 5 nitrogen and oxygen atoms in total. The lowest BCUT2D eigenvalue weighted by Gasteiger charge is -2.10. The van der Waals surface area contributed by atoms with Gasteiger partial charge >= 0.3 is 0 Å². The van der Waals surface area contributed by atoms with Gasteiger partial charge in [0, 0.05) is 24.6 Å². The number of carbonyl (C=O) groups is 1. The Kier molecular flexibility index (Phi) is 4.87. The summed E-state index contributed by atoms with van der Waals surface area (Å²) < 4.78 is 0. The van der Waals surface area contributed by atoms with Gasteiger partial charge in [-0.15, -0.1) is 0 Å². The van der Waals surface area contributed by atoms with Gasteiger partial charge < -0.3 is 10.6 Å². The van der Waals surface area contributed by atoms with Crippen LogP contribution in [0.3, 0.4) is 0 Å². The van der Waals surface area contributed by atoms with Crippen LogP contribution in [0.4, 0.5) is 11.6 Å². The zero-order chi connectivity index (χ0) is 15.2. The molecule has 0 saturated heterocycles. The number of benzene rings is 1. The smallest absolute Gasteiger partial charge is 0.254 e. The number of nitrogens with zero attached hydrogens (tertiary/aromatic N) is 2. The lowest BCUT2D eigenvalue weighted by Crippen LogP contribution is -2.24. The summed E-state index contributed by atoms with van der Waals surface area (Å²) in [6.07, 6.45) is 3.97. The number of hydrogen-bond acceptors (Lipinski definition) is 4. The molecule has 0 unspecified atom stereocenters. The molecule has 2 N–H and O–H groups in total. The van der Waals surface area contributed by atoms with Crippen LogP contribution in [0.5, 0.6) is 0 Å². The third kappa shape index (κ3) is 3.78.